The molecule has 3 unspecified atom stereocenters. The van der Waals surface area contributed by atoms with Gasteiger partial charge in [0, 0.05) is 22.7 Å². The Kier molecular flexibility index (Phi) is 7.09. The fourth-order valence-corrected chi connectivity index (χ4v) is 4.20. The molecule has 0 N–H and O–H groups in total. The molecule has 0 fully saturated rings. The molecule has 0 aliphatic carbocycles. The van der Waals surface area contributed by atoms with Gasteiger partial charge in [-0.05, 0) is 24.1 Å². The van der Waals surface area contributed by atoms with Crippen molar-refractivity contribution in [3.63, 3.8) is 0 Å². The molecule has 0 saturated carbocycles. The number of benzene rings is 1. The summed E-state index contributed by atoms with van der Waals surface area (Å²) in [5, 5.41) is 0.729. The molecule has 0 bridgehead atoms. The highest BCUT2D eigenvalue weighted by Crippen LogP contribution is 2.43. The summed E-state index contributed by atoms with van der Waals surface area (Å²) in [6.45, 7) is 2.07. The second-order valence-corrected chi connectivity index (χ2v) is 8.10. The average Bonchev–Trinajstić information content (AvgIpc) is 3.06. The van der Waals surface area contributed by atoms with Crippen molar-refractivity contribution in [2.45, 2.75) is 29.3 Å². The van der Waals surface area contributed by atoms with Gasteiger partial charge in [0.25, 0.3) is 0 Å². The number of alkyl halides is 1. The maximum Gasteiger partial charge on any atom is 0.125 e. The molecular formula is C15H16Cl2N2S3. The molecule has 22 heavy (non-hydrogen) atoms. The summed E-state index contributed by atoms with van der Waals surface area (Å²) in [6, 6.07) is 7.69. The van der Waals surface area contributed by atoms with Crippen molar-refractivity contribution in [3.8, 4) is 0 Å². The Morgan fingerprint density at radius 2 is 2.09 bits per heavy atom. The van der Waals surface area contributed by atoms with Crippen molar-refractivity contribution in [3.05, 3.63) is 53.6 Å². The van der Waals surface area contributed by atoms with Crippen molar-refractivity contribution in [1.82, 2.24) is 9.55 Å². The first kappa shape index (κ1) is 18.1. The number of rotatable bonds is 6. The van der Waals surface area contributed by atoms with Crippen LogP contribution in [0.4, 0.5) is 0 Å². The molecule has 0 saturated heterocycles. The number of aromatic nitrogens is 2. The largest absolute Gasteiger partial charge is 0.319 e. The van der Waals surface area contributed by atoms with Gasteiger partial charge in [0.05, 0.1) is 15.8 Å². The van der Waals surface area contributed by atoms with Crippen LogP contribution in [0.15, 0.2) is 43.0 Å². The van der Waals surface area contributed by atoms with Crippen molar-refractivity contribution in [1.29, 1.82) is 0 Å². The van der Waals surface area contributed by atoms with E-state index in [2.05, 4.69) is 24.5 Å². The Morgan fingerprint density at radius 3 is 2.64 bits per heavy atom. The lowest BCUT2D eigenvalue weighted by Crippen LogP contribution is -2.15. The Balaban J connectivity index is 2.27. The van der Waals surface area contributed by atoms with E-state index in [9.17, 15) is 0 Å². The monoisotopic (exact) mass is 390 g/mol. The van der Waals surface area contributed by atoms with Crippen molar-refractivity contribution in [2.24, 2.45) is 0 Å². The molecule has 2 aromatic rings. The third-order valence-corrected chi connectivity index (χ3v) is 6.89. The first-order valence-corrected chi connectivity index (χ1v) is 9.40. The van der Waals surface area contributed by atoms with E-state index in [0.29, 0.717) is 5.02 Å². The second kappa shape index (κ2) is 8.60. The number of thiocarbonyl (C=S) groups is 1. The van der Waals surface area contributed by atoms with Crippen molar-refractivity contribution < 1.29 is 0 Å². The quantitative estimate of drug-likeness (QED) is 0.382. The summed E-state index contributed by atoms with van der Waals surface area (Å²) in [5.41, 5.74) is 0.770. The molecule has 1 heterocycles. The van der Waals surface area contributed by atoms with Crippen molar-refractivity contribution >= 4 is 64.0 Å². The first-order valence-electron chi connectivity index (χ1n) is 6.78. The van der Waals surface area contributed by atoms with Gasteiger partial charge in [-0.15, -0.1) is 11.8 Å². The van der Waals surface area contributed by atoms with Crippen LogP contribution in [0.25, 0.3) is 0 Å². The van der Waals surface area contributed by atoms with Crippen LogP contribution in [-0.2, 0) is 0 Å². The maximum atomic E-state index is 6.66. The standard InChI is InChI=1S/C15H16Cl2N2S3/c1-2-12(20)15(21)22-13(10-3-5-11(16)6-4-10)14(17)19-8-7-18-9-19/h3-9,12-14,20H,2H2,1H3. The number of thioether (sulfide) groups is 1. The number of hydrogen-bond acceptors (Lipinski definition) is 4. The SMILES string of the molecule is CCC(S)C(=S)SC(c1ccc(Cl)cc1)C(Cl)n1ccnc1. The smallest absolute Gasteiger partial charge is 0.125 e. The van der Waals surface area contributed by atoms with Crippen LogP contribution in [0.2, 0.25) is 5.02 Å². The Labute approximate surface area is 156 Å². The number of nitrogens with zero attached hydrogens (tertiary/aromatic N) is 2. The van der Waals surface area contributed by atoms with Gasteiger partial charge < -0.3 is 4.57 Å². The minimum Gasteiger partial charge on any atom is -0.319 e. The van der Waals surface area contributed by atoms with Crippen LogP contribution in [0.5, 0.6) is 0 Å². The van der Waals surface area contributed by atoms with Crippen LogP contribution in [0.3, 0.4) is 0 Å². The van der Waals surface area contributed by atoms with Gasteiger partial charge in [-0.3, -0.25) is 0 Å². The van der Waals surface area contributed by atoms with E-state index in [1.165, 1.54) is 0 Å². The lowest BCUT2D eigenvalue weighted by Gasteiger charge is -2.25. The van der Waals surface area contributed by atoms with Gasteiger partial charge in [-0.2, -0.15) is 12.6 Å². The van der Waals surface area contributed by atoms with E-state index >= 15 is 0 Å². The summed E-state index contributed by atoms with van der Waals surface area (Å²) in [4.78, 5) is 4.06. The molecule has 1 aromatic carbocycles. The van der Waals surface area contributed by atoms with Gasteiger partial charge in [0.15, 0.2) is 0 Å². The van der Waals surface area contributed by atoms with E-state index in [0.717, 1.165) is 16.2 Å². The Hall–Kier alpha value is -0.200. The summed E-state index contributed by atoms with van der Waals surface area (Å²) in [7, 11) is 0. The van der Waals surface area contributed by atoms with Crippen LogP contribution in [-0.4, -0.2) is 19.0 Å². The number of thiol groups is 1. The average molecular weight is 391 g/mol. The molecule has 0 aliphatic rings. The topological polar surface area (TPSA) is 17.8 Å². The van der Waals surface area contributed by atoms with Gasteiger partial charge in [0.2, 0.25) is 0 Å². The third-order valence-electron chi connectivity index (χ3n) is 3.16. The fraction of sp³-hybridized carbons (Fsp3) is 0.333. The lowest BCUT2D eigenvalue weighted by molar-refractivity contribution is 0.653. The van der Waals surface area contributed by atoms with Gasteiger partial charge >= 0.3 is 0 Å². The number of halogens is 2. The molecule has 0 amide bonds. The minimum atomic E-state index is -0.302. The van der Waals surface area contributed by atoms with E-state index in [4.69, 9.17) is 35.4 Å². The minimum absolute atomic E-state index is 0.0400. The number of imidazole rings is 1. The maximum absolute atomic E-state index is 6.66. The Morgan fingerprint density at radius 1 is 1.41 bits per heavy atom. The highest BCUT2D eigenvalue weighted by atomic mass is 35.5. The molecule has 0 radical (unpaired) electrons. The second-order valence-electron chi connectivity index (χ2n) is 4.72. The van der Waals surface area contributed by atoms with Crippen LogP contribution >= 0.6 is 59.8 Å². The first-order chi connectivity index (χ1) is 10.5. The zero-order valence-corrected chi connectivity index (χ0v) is 15.9. The molecule has 0 spiro atoms. The van der Waals surface area contributed by atoms with Gasteiger partial charge in [-0.25, -0.2) is 4.98 Å². The normalized spacial score (nSPS) is 15.3. The Bertz CT molecular complexity index is 602. The zero-order valence-electron chi connectivity index (χ0n) is 11.9. The molecule has 118 valence electrons. The summed E-state index contributed by atoms with van der Waals surface area (Å²) in [6.07, 6.45) is 6.16. The summed E-state index contributed by atoms with van der Waals surface area (Å²) >= 11 is 24.2. The summed E-state index contributed by atoms with van der Waals surface area (Å²) in [5.74, 6) is 0. The highest BCUT2D eigenvalue weighted by Gasteiger charge is 2.26. The zero-order chi connectivity index (χ0) is 16.1. The van der Waals surface area contributed by atoms with E-state index < -0.39 is 0 Å². The van der Waals surface area contributed by atoms with Crippen LogP contribution in [0, 0.1) is 0 Å². The highest BCUT2D eigenvalue weighted by molar-refractivity contribution is 8.24. The van der Waals surface area contributed by atoms with E-state index in [1.807, 2.05) is 35.0 Å². The molecule has 7 heteroatoms. The molecule has 3 atom stereocenters. The molecule has 1 aromatic heterocycles. The predicted molar refractivity (Wildman–Crippen MR) is 105 cm³/mol. The fourth-order valence-electron chi connectivity index (χ4n) is 1.88. The molecular weight excluding hydrogens is 375 g/mol. The third kappa shape index (κ3) is 4.65. The van der Waals surface area contributed by atoms with E-state index in [-0.39, 0.29) is 16.0 Å². The predicted octanol–water partition coefficient (Wildman–Crippen LogP) is 5.78. The lowest BCUT2D eigenvalue weighted by atomic mass is 10.1. The van der Waals surface area contributed by atoms with Crippen LogP contribution < -0.4 is 0 Å². The van der Waals surface area contributed by atoms with Gasteiger partial charge in [0.1, 0.15) is 5.50 Å². The van der Waals surface area contributed by atoms with Crippen molar-refractivity contribution in [2.75, 3.05) is 0 Å². The van der Waals surface area contributed by atoms with Gasteiger partial charge in [-0.1, -0.05) is 54.5 Å². The van der Waals surface area contributed by atoms with E-state index in [1.54, 1.807) is 24.3 Å². The molecule has 2 rings (SSSR count). The molecule has 0 aliphatic heterocycles. The van der Waals surface area contributed by atoms with Crippen LogP contribution in [0.1, 0.15) is 29.7 Å². The number of hydrogen-bond donors (Lipinski definition) is 1. The molecule has 2 nitrogen and oxygen atoms in total. The summed E-state index contributed by atoms with van der Waals surface area (Å²) < 4.78 is 2.71.